The van der Waals surface area contributed by atoms with Crippen LogP contribution in [-0.4, -0.2) is 35.2 Å². The summed E-state index contributed by atoms with van der Waals surface area (Å²) in [6.45, 7) is -0.0646. The molecule has 1 heterocycles. The van der Waals surface area contributed by atoms with Gasteiger partial charge in [0.1, 0.15) is 0 Å². The van der Waals surface area contributed by atoms with E-state index in [0.29, 0.717) is 17.1 Å². The third kappa shape index (κ3) is 2.51. The van der Waals surface area contributed by atoms with E-state index in [-0.39, 0.29) is 17.0 Å². The van der Waals surface area contributed by atoms with Crippen LogP contribution in [0.25, 0.3) is 0 Å². The maximum Gasteiger partial charge on any atom is 0.511 e. The molecule has 0 radical (unpaired) electrons. The Labute approximate surface area is 93.8 Å². The molecular weight excluding hydrogens is 334 g/mol. The smallest absolute Gasteiger partial charge is 0.203 e. The molecule has 0 bridgehead atoms. The molecule has 0 aliphatic carbocycles. The maximum absolute atomic E-state index is 12.1. The van der Waals surface area contributed by atoms with Gasteiger partial charge in [0.05, 0.1) is 0 Å². The van der Waals surface area contributed by atoms with Crippen LogP contribution >= 0.6 is 22.6 Å². The van der Waals surface area contributed by atoms with Crippen molar-refractivity contribution in [3.8, 4) is 0 Å². The molecule has 8 heteroatoms. The Balaban J connectivity index is 2.76. The van der Waals surface area contributed by atoms with Crippen LogP contribution in [0.15, 0.2) is 0 Å². The van der Waals surface area contributed by atoms with E-state index in [4.69, 9.17) is 0 Å². The molecule has 0 aromatic heterocycles. The van der Waals surface area contributed by atoms with E-state index < -0.39 is 15.5 Å². The fraction of sp³-hybridized carbons (Fsp3) is 1.00. The summed E-state index contributed by atoms with van der Waals surface area (Å²) in [6, 6.07) is 0. The highest BCUT2D eigenvalue weighted by Gasteiger charge is 2.50. The Morgan fingerprint density at radius 2 is 1.64 bits per heavy atom. The van der Waals surface area contributed by atoms with Gasteiger partial charge in [-0.15, -0.1) is 0 Å². The van der Waals surface area contributed by atoms with E-state index in [9.17, 15) is 21.6 Å². The van der Waals surface area contributed by atoms with Crippen LogP contribution in [-0.2, 0) is 10.0 Å². The minimum Gasteiger partial charge on any atom is -0.203 e. The minimum atomic E-state index is -5.16. The van der Waals surface area contributed by atoms with Gasteiger partial charge in [-0.05, 0) is 12.8 Å². The summed E-state index contributed by atoms with van der Waals surface area (Å²) in [5, 5.41) is 0. The number of hydrogen-bond donors (Lipinski definition) is 0. The first kappa shape index (κ1) is 12.5. The lowest BCUT2D eigenvalue weighted by atomic mass is 10.2. The molecule has 1 saturated heterocycles. The molecule has 14 heavy (non-hydrogen) atoms. The average Bonchev–Trinajstić information content (AvgIpc) is 2.03. The second-order valence-corrected chi connectivity index (χ2v) is 6.72. The van der Waals surface area contributed by atoms with Gasteiger partial charge in [-0.3, -0.25) is 0 Å². The molecule has 0 spiro atoms. The number of alkyl halides is 4. The van der Waals surface area contributed by atoms with E-state index in [1.807, 2.05) is 0 Å². The van der Waals surface area contributed by atoms with Crippen LogP contribution < -0.4 is 0 Å². The lowest BCUT2D eigenvalue weighted by molar-refractivity contribution is -0.0492. The van der Waals surface area contributed by atoms with Crippen LogP contribution in [0.3, 0.4) is 0 Å². The van der Waals surface area contributed by atoms with Crippen LogP contribution in [0.1, 0.15) is 12.8 Å². The van der Waals surface area contributed by atoms with Gasteiger partial charge >= 0.3 is 15.5 Å². The van der Waals surface area contributed by atoms with Gasteiger partial charge in [-0.1, -0.05) is 22.6 Å². The van der Waals surface area contributed by atoms with Crippen LogP contribution in [0, 0.1) is 0 Å². The van der Waals surface area contributed by atoms with Gasteiger partial charge in [-0.25, -0.2) is 8.42 Å². The number of piperidine rings is 1. The second kappa shape index (κ2) is 4.12. The van der Waals surface area contributed by atoms with Crippen LogP contribution in [0.5, 0.6) is 0 Å². The lowest BCUT2D eigenvalue weighted by Crippen LogP contribution is -2.45. The lowest BCUT2D eigenvalue weighted by Gasteiger charge is -2.29. The van der Waals surface area contributed by atoms with Gasteiger partial charge in [0, 0.05) is 17.0 Å². The summed E-state index contributed by atoms with van der Waals surface area (Å²) in [5.41, 5.74) is -5.16. The molecule has 3 nitrogen and oxygen atoms in total. The topological polar surface area (TPSA) is 37.4 Å². The fourth-order valence-corrected chi connectivity index (χ4v) is 2.75. The predicted octanol–water partition coefficient (Wildman–Crippen LogP) is 1.74. The van der Waals surface area contributed by atoms with E-state index in [0.717, 1.165) is 0 Å². The van der Waals surface area contributed by atoms with Crippen LogP contribution in [0.4, 0.5) is 13.2 Å². The molecule has 84 valence electrons. The summed E-state index contributed by atoms with van der Waals surface area (Å²) in [6.07, 6.45) is 0.964. The van der Waals surface area contributed by atoms with Crippen molar-refractivity contribution in [1.82, 2.24) is 4.31 Å². The third-order valence-corrected chi connectivity index (χ3v) is 4.89. The Kier molecular flexibility index (Phi) is 3.68. The molecule has 0 amide bonds. The highest BCUT2D eigenvalue weighted by molar-refractivity contribution is 14.1. The first-order valence-electron chi connectivity index (χ1n) is 3.95. The van der Waals surface area contributed by atoms with Crippen molar-refractivity contribution < 1.29 is 21.6 Å². The molecule has 0 atom stereocenters. The van der Waals surface area contributed by atoms with Gasteiger partial charge in [0.25, 0.3) is 0 Å². The molecule has 0 aromatic carbocycles. The first-order valence-corrected chi connectivity index (χ1v) is 6.64. The number of rotatable bonds is 1. The summed E-state index contributed by atoms with van der Waals surface area (Å²) >= 11 is 2.11. The summed E-state index contributed by atoms with van der Waals surface area (Å²) in [4.78, 5) is 0. The van der Waals surface area contributed by atoms with Crippen molar-refractivity contribution in [1.29, 1.82) is 0 Å². The highest BCUT2D eigenvalue weighted by Crippen LogP contribution is 2.30. The standard InChI is InChI=1S/C6H9F3INO2S/c7-6(8,9)14(12,13)11-3-1-5(10)2-4-11/h5H,1-4H2. The monoisotopic (exact) mass is 343 g/mol. The Morgan fingerprint density at radius 1 is 1.21 bits per heavy atom. The summed E-state index contributed by atoms with van der Waals surface area (Å²) in [7, 11) is -5.09. The number of hydrogen-bond acceptors (Lipinski definition) is 2. The van der Waals surface area contributed by atoms with Crippen molar-refractivity contribution in [3.63, 3.8) is 0 Å². The minimum absolute atomic E-state index is 0.0323. The Hall–Kier alpha value is 0.430. The molecule has 1 aliphatic rings. The number of halogens is 4. The van der Waals surface area contributed by atoms with Crippen molar-refractivity contribution in [2.75, 3.05) is 13.1 Å². The van der Waals surface area contributed by atoms with Gasteiger partial charge in [-0.2, -0.15) is 17.5 Å². The zero-order chi connectivity index (χ0) is 11.0. The zero-order valence-corrected chi connectivity index (χ0v) is 10.1. The molecule has 0 aromatic rings. The molecule has 1 aliphatic heterocycles. The van der Waals surface area contributed by atoms with Crippen LogP contribution in [0.2, 0.25) is 0 Å². The number of nitrogens with zero attached hydrogens (tertiary/aromatic N) is 1. The molecule has 0 saturated carbocycles. The predicted molar refractivity (Wildman–Crippen MR) is 53.6 cm³/mol. The van der Waals surface area contributed by atoms with E-state index >= 15 is 0 Å². The van der Waals surface area contributed by atoms with E-state index in [1.54, 1.807) is 0 Å². The quantitative estimate of drug-likeness (QED) is 0.537. The van der Waals surface area contributed by atoms with Crippen molar-refractivity contribution >= 4 is 32.6 Å². The SMILES string of the molecule is O=S(=O)(N1CCC(I)CC1)C(F)(F)F. The zero-order valence-electron chi connectivity index (χ0n) is 7.09. The molecular formula is C6H9F3INO2S. The molecule has 0 unspecified atom stereocenters. The largest absolute Gasteiger partial charge is 0.511 e. The van der Waals surface area contributed by atoms with E-state index in [1.165, 1.54) is 0 Å². The van der Waals surface area contributed by atoms with Gasteiger partial charge in [0.15, 0.2) is 0 Å². The highest BCUT2D eigenvalue weighted by atomic mass is 127. The molecule has 1 fully saturated rings. The molecule has 1 rings (SSSR count). The second-order valence-electron chi connectivity index (χ2n) is 3.02. The van der Waals surface area contributed by atoms with E-state index in [2.05, 4.69) is 22.6 Å². The Bertz CT molecular complexity index is 295. The fourth-order valence-electron chi connectivity index (χ4n) is 1.21. The maximum atomic E-state index is 12.1. The van der Waals surface area contributed by atoms with Crippen molar-refractivity contribution in [3.05, 3.63) is 0 Å². The Morgan fingerprint density at radius 3 is 2.00 bits per heavy atom. The molecule has 0 N–H and O–H groups in total. The van der Waals surface area contributed by atoms with Gasteiger partial charge < -0.3 is 0 Å². The summed E-state index contributed by atoms with van der Waals surface area (Å²) < 4.78 is 58.9. The first-order chi connectivity index (χ1) is 6.25. The summed E-state index contributed by atoms with van der Waals surface area (Å²) in [5.74, 6) is 0. The normalized spacial score (nSPS) is 22.6. The third-order valence-electron chi connectivity index (χ3n) is 2.02. The van der Waals surface area contributed by atoms with Gasteiger partial charge in [0.2, 0.25) is 0 Å². The van der Waals surface area contributed by atoms with Crippen molar-refractivity contribution in [2.24, 2.45) is 0 Å². The number of sulfonamides is 1. The van der Waals surface area contributed by atoms with Crippen molar-refractivity contribution in [2.45, 2.75) is 22.3 Å². The average molecular weight is 343 g/mol.